The molecule has 0 fully saturated rings. The summed E-state index contributed by atoms with van der Waals surface area (Å²) in [4.78, 5) is 0.0618. The topological polar surface area (TPSA) is 43.4 Å². The second kappa shape index (κ2) is 5.67. The maximum Gasteiger partial charge on any atom is 0.261 e. The number of rotatable bonds is 4. The number of aryl methyl sites for hydroxylation is 1. The van der Waals surface area contributed by atoms with Gasteiger partial charge in [0.05, 0.1) is 4.90 Å². The number of ether oxygens (including phenoxy) is 1. The molecule has 0 saturated heterocycles. The van der Waals surface area contributed by atoms with Gasteiger partial charge in [-0.2, -0.15) is 0 Å². The molecule has 1 aromatic rings. The van der Waals surface area contributed by atoms with Crippen molar-refractivity contribution in [1.29, 1.82) is 0 Å². The summed E-state index contributed by atoms with van der Waals surface area (Å²) in [5.41, 5.74) is 0.831. The lowest BCUT2D eigenvalue weighted by molar-refractivity contribution is 0.267. The Balaban J connectivity index is 3.46. The molecule has 0 aliphatic carbocycles. The fourth-order valence-corrected chi connectivity index (χ4v) is 2.98. The van der Waals surface area contributed by atoms with Crippen LogP contribution >= 0.6 is 10.7 Å². The molecule has 0 radical (unpaired) electrons. The first kappa shape index (κ1) is 16.2. The van der Waals surface area contributed by atoms with Gasteiger partial charge in [0.25, 0.3) is 9.05 Å². The van der Waals surface area contributed by atoms with Crippen molar-refractivity contribution >= 4 is 19.7 Å². The lowest BCUT2D eigenvalue weighted by Crippen LogP contribution is -2.15. The maximum atomic E-state index is 12.2. The molecule has 1 aromatic carbocycles. The summed E-state index contributed by atoms with van der Waals surface area (Å²) in [5.74, 6) is 0.492. The van der Waals surface area contributed by atoms with E-state index < -0.39 is 15.7 Å². The Morgan fingerprint density at radius 1 is 1.32 bits per heavy atom. The highest BCUT2D eigenvalue weighted by atomic mass is 35.7. The minimum atomic E-state index is -3.81. The predicted octanol–water partition coefficient (Wildman–Crippen LogP) is 3.57. The molecule has 108 valence electrons. The SMILES string of the molecule is Cc1cc(OCCF)c(C(C)(C)C)cc1S(=O)(=O)Cl. The Morgan fingerprint density at radius 3 is 2.32 bits per heavy atom. The fraction of sp³-hybridized carbons (Fsp3) is 0.538. The average molecular weight is 309 g/mol. The third kappa shape index (κ3) is 4.08. The quantitative estimate of drug-likeness (QED) is 0.799. The van der Waals surface area contributed by atoms with Gasteiger partial charge in [-0.05, 0) is 30.0 Å². The van der Waals surface area contributed by atoms with Gasteiger partial charge in [-0.3, -0.25) is 0 Å². The molecule has 0 saturated carbocycles. The molecule has 0 amide bonds. The number of benzene rings is 1. The molecule has 0 aliphatic rings. The molecule has 0 bridgehead atoms. The van der Waals surface area contributed by atoms with Crippen molar-refractivity contribution in [3.63, 3.8) is 0 Å². The van der Waals surface area contributed by atoms with Crippen molar-refractivity contribution in [3.8, 4) is 5.75 Å². The zero-order valence-corrected chi connectivity index (χ0v) is 13.0. The summed E-state index contributed by atoms with van der Waals surface area (Å²) in [5, 5.41) is 0. The van der Waals surface area contributed by atoms with Gasteiger partial charge < -0.3 is 4.74 Å². The van der Waals surface area contributed by atoms with Gasteiger partial charge in [-0.15, -0.1) is 0 Å². The number of hydrogen-bond donors (Lipinski definition) is 0. The molecular weight excluding hydrogens is 291 g/mol. The summed E-state index contributed by atoms with van der Waals surface area (Å²) in [6, 6.07) is 3.09. The molecule has 1 rings (SSSR count). The van der Waals surface area contributed by atoms with Crippen LogP contribution in [0.3, 0.4) is 0 Å². The molecular formula is C13H18ClFO3S. The van der Waals surface area contributed by atoms with Crippen LogP contribution in [0.1, 0.15) is 31.9 Å². The highest BCUT2D eigenvalue weighted by Gasteiger charge is 2.24. The Morgan fingerprint density at radius 2 is 1.89 bits per heavy atom. The Hall–Kier alpha value is -0.810. The Kier molecular flexibility index (Phi) is 4.85. The van der Waals surface area contributed by atoms with Crippen molar-refractivity contribution < 1.29 is 17.5 Å². The largest absolute Gasteiger partial charge is 0.491 e. The average Bonchev–Trinajstić information content (AvgIpc) is 2.22. The van der Waals surface area contributed by atoms with E-state index in [1.165, 1.54) is 6.07 Å². The first-order chi connectivity index (χ1) is 8.57. The van der Waals surface area contributed by atoms with Crippen LogP contribution in [0.2, 0.25) is 0 Å². The third-order valence-corrected chi connectivity index (χ3v) is 4.15. The van der Waals surface area contributed by atoms with Crippen LogP contribution in [0.25, 0.3) is 0 Å². The summed E-state index contributed by atoms with van der Waals surface area (Å²) < 4.78 is 40.6. The molecule has 6 heteroatoms. The van der Waals surface area contributed by atoms with E-state index in [1.807, 2.05) is 20.8 Å². The molecule has 0 aromatic heterocycles. The van der Waals surface area contributed by atoms with E-state index in [0.717, 1.165) is 0 Å². The lowest BCUT2D eigenvalue weighted by atomic mass is 9.86. The van der Waals surface area contributed by atoms with Gasteiger partial charge >= 0.3 is 0 Å². The summed E-state index contributed by atoms with van der Waals surface area (Å²) >= 11 is 0. The number of alkyl halides is 1. The van der Waals surface area contributed by atoms with Crippen LogP contribution in [0, 0.1) is 6.92 Å². The molecule has 0 unspecified atom stereocenters. The van der Waals surface area contributed by atoms with Gasteiger partial charge in [0.2, 0.25) is 0 Å². The van der Waals surface area contributed by atoms with E-state index in [4.69, 9.17) is 15.4 Å². The normalized spacial score (nSPS) is 12.5. The van der Waals surface area contributed by atoms with Gasteiger partial charge in [-0.25, -0.2) is 12.8 Å². The monoisotopic (exact) mass is 308 g/mol. The fourth-order valence-electron chi connectivity index (χ4n) is 1.78. The smallest absolute Gasteiger partial charge is 0.261 e. The first-order valence-electron chi connectivity index (χ1n) is 5.86. The minimum absolute atomic E-state index is 0.0600. The second-order valence-electron chi connectivity index (χ2n) is 5.34. The summed E-state index contributed by atoms with van der Waals surface area (Å²) in [7, 11) is 1.60. The predicted molar refractivity (Wildman–Crippen MR) is 74.4 cm³/mol. The molecule has 19 heavy (non-hydrogen) atoms. The van der Waals surface area contributed by atoms with E-state index in [2.05, 4.69) is 0 Å². The maximum absolute atomic E-state index is 12.2. The molecule has 0 atom stereocenters. The van der Waals surface area contributed by atoms with E-state index in [-0.39, 0.29) is 16.9 Å². The molecule has 3 nitrogen and oxygen atoms in total. The Bertz CT molecular complexity index is 562. The van der Waals surface area contributed by atoms with Gasteiger partial charge in [-0.1, -0.05) is 20.8 Å². The van der Waals surface area contributed by atoms with Gasteiger partial charge in [0.15, 0.2) is 0 Å². The zero-order valence-electron chi connectivity index (χ0n) is 11.5. The van der Waals surface area contributed by atoms with Crippen molar-refractivity contribution in [2.24, 2.45) is 0 Å². The number of hydrogen-bond acceptors (Lipinski definition) is 3. The molecule has 0 spiro atoms. The van der Waals surface area contributed by atoms with Crippen molar-refractivity contribution in [1.82, 2.24) is 0 Å². The van der Waals surface area contributed by atoms with Crippen LogP contribution in [0.5, 0.6) is 5.75 Å². The number of halogens is 2. The third-order valence-electron chi connectivity index (χ3n) is 2.68. The zero-order chi connectivity index (χ0) is 14.8. The van der Waals surface area contributed by atoms with Crippen LogP contribution < -0.4 is 4.74 Å². The van der Waals surface area contributed by atoms with Gasteiger partial charge in [0.1, 0.15) is 19.0 Å². The summed E-state index contributed by atoms with van der Waals surface area (Å²) in [6.07, 6.45) is 0. The molecule has 0 heterocycles. The standard InChI is InChI=1S/C13H18ClFO3S/c1-9-7-11(18-6-5-15)10(13(2,3)4)8-12(9)19(14,16)17/h7-8H,5-6H2,1-4H3. The van der Waals surface area contributed by atoms with E-state index >= 15 is 0 Å². The van der Waals surface area contributed by atoms with Crippen molar-refractivity contribution in [2.75, 3.05) is 13.3 Å². The van der Waals surface area contributed by atoms with Crippen molar-refractivity contribution in [3.05, 3.63) is 23.3 Å². The van der Waals surface area contributed by atoms with Crippen molar-refractivity contribution in [2.45, 2.75) is 38.0 Å². The highest BCUT2D eigenvalue weighted by molar-refractivity contribution is 8.13. The Labute approximate surface area is 118 Å². The van der Waals surface area contributed by atoms with Gasteiger partial charge in [0, 0.05) is 16.2 Å². The van der Waals surface area contributed by atoms with Crippen LogP contribution in [0.15, 0.2) is 17.0 Å². The molecule has 0 N–H and O–H groups in total. The minimum Gasteiger partial charge on any atom is -0.491 e. The van der Waals surface area contributed by atoms with E-state index in [1.54, 1.807) is 13.0 Å². The van der Waals surface area contributed by atoms with Crippen LogP contribution in [-0.2, 0) is 14.5 Å². The summed E-state index contributed by atoms with van der Waals surface area (Å²) in [6.45, 7) is 6.73. The lowest BCUT2D eigenvalue weighted by Gasteiger charge is -2.24. The first-order valence-corrected chi connectivity index (χ1v) is 8.17. The van der Waals surface area contributed by atoms with Crippen LogP contribution in [0.4, 0.5) is 4.39 Å². The second-order valence-corrected chi connectivity index (χ2v) is 7.87. The van der Waals surface area contributed by atoms with E-state index in [9.17, 15) is 12.8 Å². The molecule has 0 aliphatic heterocycles. The van der Waals surface area contributed by atoms with Crippen LogP contribution in [-0.4, -0.2) is 21.7 Å². The highest BCUT2D eigenvalue weighted by Crippen LogP contribution is 2.36. The van der Waals surface area contributed by atoms with E-state index in [0.29, 0.717) is 16.9 Å².